The molecule has 2 N–H and O–H groups in total. The van der Waals surface area contributed by atoms with Crippen LogP contribution in [-0.2, 0) is 9.53 Å². The molecule has 0 bridgehead atoms. The molecule has 0 unspecified atom stereocenters. The number of amides is 3. The number of hydrogen-bond acceptors (Lipinski definition) is 5. The molecule has 0 radical (unpaired) electrons. The van der Waals surface area contributed by atoms with Crippen molar-refractivity contribution in [2.45, 2.75) is 13.0 Å². The van der Waals surface area contributed by atoms with Gasteiger partial charge in [-0.2, -0.15) is 0 Å². The van der Waals surface area contributed by atoms with Crippen molar-refractivity contribution in [2.75, 3.05) is 4.90 Å². The first-order valence-corrected chi connectivity index (χ1v) is 7.96. The van der Waals surface area contributed by atoms with Crippen LogP contribution in [0.4, 0.5) is 5.69 Å². The van der Waals surface area contributed by atoms with Crippen LogP contribution in [-0.4, -0.2) is 29.8 Å². The van der Waals surface area contributed by atoms with Crippen molar-refractivity contribution in [2.24, 2.45) is 5.73 Å². The molecule has 0 fully saturated rings. The quantitative estimate of drug-likeness (QED) is 0.653. The topological polar surface area (TPSA) is 107 Å². The van der Waals surface area contributed by atoms with E-state index in [1.807, 2.05) is 0 Å². The monoisotopic (exact) mass is 372 g/mol. The van der Waals surface area contributed by atoms with E-state index in [1.165, 1.54) is 25.1 Å². The number of nitrogens with zero attached hydrogens (tertiary/aromatic N) is 1. The summed E-state index contributed by atoms with van der Waals surface area (Å²) in [5.74, 6) is -2.67. The second kappa shape index (κ2) is 6.61. The van der Waals surface area contributed by atoms with Gasteiger partial charge in [0, 0.05) is 5.02 Å². The maximum Gasteiger partial charge on any atom is 0.338 e. The molecule has 0 aromatic heterocycles. The highest BCUT2D eigenvalue weighted by Crippen LogP contribution is 2.30. The number of carbonyl (C=O) groups excluding carboxylic acids is 4. The van der Waals surface area contributed by atoms with Crippen molar-refractivity contribution in [1.82, 2.24) is 0 Å². The molecule has 26 heavy (non-hydrogen) atoms. The van der Waals surface area contributed by atoms with E-state index in [0.29, 0.717) is 10.7 Å². The van der Waals surface area contributed by atoms with Crippen molar-refractivity contribution in [3.8, 4) is 0 Å². The van der Waals surface area contributed by atoms with E-state index in [2.05, 4.69) is 0 Å². The summed E-state index contributed by atoms with van der Waals surface area (Å²) in [6.07, 6.45) is -1.11. The Labute approximate surface area is 153 Å². The van der Waals surface area contributed by atoms with E-state index in [9.17, 15) is 19.2 Å². The van der Waals surface area contributed by atoms with Crippen LogP contribution in [0.2, 0.25) is 5.02 Å². The Morgan fingerprint density at radius 2 is 1.65 bits per heavy atom. The lowest BCUT2D eigenvalue weighted by Crippen LogP contribution is -2.30. The lowest BCUT2D eigenvalue weighted by atomic mass is 10.1. The van der Waals surface area contributed by atoms with Gasteiger partial charge in [0.25, 0.3) is 17.7 Å². The minimum atomic E-state index is -1.11. The molecule has 0 aliphatic carbocycles. The number of nitrogens with two attached hydrogens (primary N) is 1. The summed E-state index contributed by atoms with van der Waals surface area (Å²) in [6.45, 7) is 1.34. The minimum absolute atomic E-state index is 0.0379. The number of rotatable bonds is 4. The summed E-state index contributed by atoms with van der Waals surface area (Å²) in [5, 5.41) is 0.471. The third-order valence-electron chi connectivity index (χ3n) is 3.89. The predicted octanol–water partition coefficient (Wildman–Crippen LogP) is 2.17. The summed E-state index contributed by atoms with van der Waals surface area (Å²) in [5.41, 5.74) is 5.71. The Kier molecular flexibility index (Phi) is 4.48. The van der Waals surface area contributed by atoms with Crippen LogP contribution in [0.1, 0.15) is 38.0 Å². The zero-order chi connectivity index (χ0) is 19.0. The Morgan fingerprint density at radius 1 is 1.04 bits per heavy atom. The largest absolute Gasteiger partial charge is 0.449 e. The zero-order valence-electron chi connectivity index (χ0n) is 13.6. The maximum atomic E-state index is 12.6. The number of ether oxygens (including phenoxy) is 1. The molecule has 1 aliphatic rings. The van der Waals surface area contributed by atoms with Crippen molar-refractivity contribution >= 4 is 41.0 Å². The number of primary amides is 1. The van der Waals surface area contributed by atoms with E-state index in [-0.39, 0.29) is 16.7 Å². The Hall–Kier alpha value is -3.19. The number of carbonyl (C=O) groups is 4. The van der Waals surface area contributed by atoms with E-state index < -0.39 is 29.8 Å². The second-order valence-corrected chi connectivity index (χ2v) is 6.07. The van der Waals surface area contributed by atoms with Gasteiger partial charge in [0.1, 0.15) is 0 Å². The molecule has 3 rings (SSSR count). The summed E-state index contributed by atoms with van der Waals surface area (Å²) in [6, 6.07) is 10.2. The highest BCUT2D eigenvalue weighted by molar-refractivity contribution is 6.35. The number of halogens is 1. The first-order valence-electron chi connectivity index (χ1n) is 7.58. The Morgan fingerprint density at radius 3 is 2.27 bits per heavy atom. The third kappa shape index (κ3) is 3.04. The predicted molar refractivity (Wildman–Crippen MR) is 93.1 cm³/mol. The van der Waals surface area contributed by atoms with Gasteiger partial charge in [-0.15, -0.1) is 0 Å². The molecule has 1 atom stereocenters. The van der Waals surface area contributed by atoms with Crippen molar-refractivity contribution in [1.29, 1.82) is 0 Å². The maximum absolute atomic E-state index is 12.6. The molecular formula is C18H13ClN2O5. The average molecular weight is 373 g/mol. The fourth-order valence-corrected chi connectivity index (χ4v) is 2.61. The molecule has 7 nitrogen and oxygen atoms in total. The molecular weight excluding hydrogens is 360 g/mol. The van der Waals surface area contributed by atoms with Gasteiger partial charge in [-0.05, 0) is 49.4 Å². The molecule has 3 amide bonds. The molecule has 1 aliphatic heterocycles. The van der Waals surface area contributed by atoms with Crippen molar-refractivity contribution in [3.63, 3.8) is 0 Å². The summed E-state index contributed by atoms with van der Waals surface area (Å²) >= 11 is 5.83. The van der Waals surface area contributed by atoms with Crippen molar-refractivity contribution < 1.29 is 23.9 Å². The van der Waals surface area contributed by atoms with Crippen LogP contribution in [0, 0.1) is 0 Å². The molecule has 2 aromatic rings. The number of esters is 1. The van der Waals surface area contributed by atoms with Gasteiger partial charge in [-0.1, -0.05) is 11.6 Å². The summed E-state index contributed by atoms with van der Waals surface area (Å²) in [7, 11) is 0. The first-order chi connectivity index (χ1) is 12.3. The Bertz CT molecular complexity index is 939. The third-order valence-corrected chi connectivity index (χ3v) is 4.14. The van der Waals surface area contributed by atoms with Crippen molar-refractivity contribution in [3.05, 3.63) is 64.2 Å². The molecule has 1 heterocycles. The van der Waals surface area contributed by atoms with Crippen LogP contribution in [0.3, 0.4) is 0 Å². The lowest BCUT2D eigenvalue weighted by molar-refractivity contribution is -0.125. The van der Waals surface area contributed by atoms with E-state index in [0.717, 1.165) is 4.90 Å². The number of imide groups is 1. The molecule has 0 saturated carbocycles. The molecule has 132 valence electrons. The van der Waals surface area contributed by atoms with Gasteiger partial charge in [0.15, 0.2) is 6.10 Å². The number of hydrogen-bond donors (Lipinski definition) is 1. The fourth-order valence-electron chi connectivity index (χ4n) is 2.48. The SMILES string of the molecule is C[C@@H](OC(=O)c1ccc2c(c1)C(=O)N(c1ccc(Cl)cc1)C2=O)C(N)=O. The summed E-state index contributed by atoms with van der Waals surface area (Å²) in [4.78, 5) is 49.3. The fraction of sp³-hybridized carbons (Fsp3) is 0.111. The number of benzene rings is 2. The highest BCUT2D eigenvalue weighted by atomic mass is 35.5. The smallest absolute Gasteiger partial charge is 0.338 e. The minimum Gasteiger partial charge on any atom is -0.449 e. The van der Waals surface area contributed by atoms with Gasteiger partial charge >= 0.3 is 5.97 Å². The average Bonchev–Trinajstić information content (AvgIpc) is 2.86. The van der Waals surface area contributed by atoms with Gasteiger partial charge in [0.2, 0.25) is 0 Å². The second-order valence-electron chi connectivity index (χ2n) is 5.63. The van der Waals surface area contributed by atoms with E-state index >= 15 is 0 Å². The summed E-state index contributed by atoms with van der Waals surface area (Å²) < 4.78 is 4.91. The van der Waals surface area contributed by atoms with Gasteiger partial charge in [0.05, 0.1) is 22.4 Å². The van der Waals surface area contributed by atoms with Crippen LogP contribution < -0.4 is 10.6 Å². The van der Waals surface area contributed by atoms with Crippen LogP contribution in [0.15, 0.2) is 42.5 Å². The first kappa shape index (κ1) is 17.6. The number of fused-ring (bicyclic) bond motifs is 1. The van der Waals surface area contributed by atoms with Crippen LogP contribution in [0.25, 0.3) is 0 Å². The molecule has 2 aromatic carbocycles. The van der Waals surface area contributed by atoms with Gasteiger partial charge < -0.3 is 10.5 Å². The van der Waals surface area contributed by atoms with Gasteiger partial charge in [-0.3, -0.25) is 14.4 Å². The lowest BCUT2D eigenvalue weighted by Gasteiger charge is -2.13. The Balaban J connectivity index is 1.91. The standard InChI is InChI=1S/C18H13ClN2O5/c1-9(15(20)22)26-18(25)10-2-7-13-14(8-10)17(24)21(16(13)23)12-5-3-11(19)4-6-12/h2-9H,1H3,(H2,20,22)/t9-/m1/s1. The zero-order valence-corrected chi connectivity index (χ0v) is 14.3. The molecule has 0 spiro atoms. The molecule has 8 heteroatoms. The highest BCUT2D eigenvalue weighted by Gasteiger charge is 2.37. The van der Waals surface area contributed by atoms with E-state index in [1.54, 1.807) is 24.3 Å². The van der Waals surface area contributed by atoms with Gasteiger partial charge in [-0.25, -0.2) is 9.69 Å². The van der Waals surface area contributed by atoms with E-state index in [4.69, 9.17) is 22.1 Å². The molecule has 0 saturated heterocycles. The normalized spacial score (nSPS) is 14.2. The van der Waals surface area contributed by atoms with Crippen LogP contribution >= 0.6 is 11.6 Å². The van der Waals surface area contributed by atoms with Crippen LogP contribution in [0.5, 0.6) is 0 Å². The number of anilines is 1.